The molecule has 23 heavy (non-hydrogen) atoms. The Kier molecular flexibility index (Phi) is 8.13. The van der Waals surface area contributed by atoms with Crippen LogP contribution < -0.4 is 5.32 Å². The summed E-state index contributed by atoms with van der Waals surface area (Å²) in [7, 11) is 0. The predicted octanol–water partition coefficient (Wildman–Crippen LogP) is 0.648. The third-order valence-electron chi connectivity index (χ3n) is 4.20. The zero-order valence-corrected chi connectivity index (χ0v) is 13.9. The first-order valence-corrected chi connectivity index (χ1v) is 8.11. The summed E-state index contributed by atoms with van der Waals surface area (Å²) in [6, 6.07) is 1.93. The fourth-order valence-corrected chi connectivity index (χ4v) is 2.58. The van der Waals surface area contributed by atoms with Crippen molar-refractivity contribution in [3.05, 3.63) is 11.8 Å². The highest BCUT2D eigenvalue weighted by Crippen LogP contribution is 2.18. The van der Waals surface area contributed by atoms with Gasteiger partial charge in [-0.25, -0.2) is 0 Å². The van der Waals surface area contributed by atoms with Gasteiger partial charge >= 0.3 is 5.97 Å². The number of rotatable bonds is 8. The van der Waals surface area contributed by atoms with Crippen LogP contribution in [0.25, 0.3) is 0 Å². The minimum absolute atomic E-state index is 0.0679. The molecule has 0 aromatic rings. The summed E-state index contributed by atoms with van der Waals surface area (Å²) in [5.41, 5.74) is 0.0679. The van der Waals surface area contributed by atoms with Crippen LogP contribution in [0.1, 0.15) is 26.7 Å². The van der Waals surface area contributed by atoms with E-state index in [1.165, 1.54) is 6.20 Å². The smallest absolute Gasteiger partial charge is 0.306 e. The van der Waals surface area contributed by atoms with Crippen LogP contribution >= 0.6 is 0 Å². The van der Waals surface area contributed by atoms with E-state index in [9.17, 15) is 9.59 Å². The van der Waals surface area contributed by atoms with Crippen molar-refractivity contribution in [1.82, 2.24) is 15.1 Å². The van der Waals surface area contributed by atoms with Gasteiger partial charge in [-0.15, -0.1) is 0 Å². The molecule has 1 aliphatic rings. The van der Waals surface area contributed by atoms with E-state index < -0.39 is 5.97 Å². The molecule has 2 N–H and O–H groups in total. The SMILES string of the molecule is CCN(CC)CCN/C=C(/C#N)C(=O)N1CCC(C(=O)O)CC1. The van der Waals surface area contributed by atoms with Crippen LogP contribution in [0.3, 0.4) is 0 Å². The highest BCUT2D eigenvalue weighted by molar-refractivity contribution is 5.97. The quantitative estimate of drug-likeness (QED) is 0.387. The molecular weight excluding hydrogens is 296 g/mol. The van der Waals surface area contributed by atoms with Crippen molar-refractivity contribution in [2.24, 2.45) is 5.92 Å². The number of likely N-dealkylation sites (tertiary alicyclic amines) is 1. The molecule has 1 aliphatic heterocycles. The highest BCUT2D eigenvalue weighted by Gasteiger charge is 2.28. The molecule has 0 bridgehead atoms. The van der Waals surface area contributed by atoms with Crippen LogP contribution in [0.15, 0.2) is 11.8 Å². The summed E-state index contributed by atoms with van der Waals surface area (Å²) in [5, 5.41) is 21.1. The molecule has 0 aliphatic carbocycles. The molecule has 0 aromatic carbocycles. The van der Waals surface area contributed by atoms with Gasteiger partial charge in [-0.3, -0.25) is 9.59 Å². The van der Waals surface area contributed by atoms with Crippen LogP contribution in [-0.4, -0.2) is 66.1 Å². The molecule has 0 radical (unpaired) electrons. The molecule has 1 rings (SSSR count). The Morgan fingerprint density at radius 3 is 2.43 bits per heavy atom. The Balaban J connectivity index is 2.48. The molecule has 1 amide bonds. The van der Waals surface area contributed by atoms with Gasteiger partial charge in [0.25, 0.3) is 5.91 Å². The summed E-state index contributed by atoms with van der Waals surface area (Å²) in [5.74, 6) is -1.53. The van der Waals surface area contributed by atoms with E-state index in [0.717, 1.165) is 19.6 Å². The number of carboxylic acids is 1. The lowest BCUT2D eigenvalue weighted by Gasteiger charge is -2.29. The molecular formula is C16H26N4O3. The van der Waals surface area contributed by atoms with Crippen molar-refractivity contribution in [1.29, 1.82) is 5.26 Å². The van der Waals surface area contributed by atoms with E-state index >= 15 is 0 Å². The Hall–Kier alpha value is -2.07. The Labute approximate surface area is 137 Å². The number of likely N-dealkylation sites (N-methyl/N-ethyl adjacent to an activating group) is 1. The van der Waals surface area contributed by atoms with Gasteiger partial charge in [-0.2, -0.15) is 5.26 Å². The predicted molar refractivity (Wildman–Crippen MR) is 86.4 cm³/mol. The van der Waals surface area contributed by atoms with Crippen LogP contribution in [0.5, 0.6) is 0 Å². The molecule has 1 saturated heterocycles. The topological polar surface area (TPSA) is 96.7 Å². The number of carbonyl (C=O) groups is 2. The van der Waals surface area contributed by atoms with E-state index in [4.69, 9.17) is 10.4 Å². The largest absolute Gasteiger partial charge is 0.481 e. The van der Waals surface area contributed by atoms with Gasteiger partial charge < -0.3 is 20.2 Å². The van der Waals surface area contributed by atoms with Crippen LogP contribution in [0.4, 0.5) is 0 Å². The zero-order valence-electron chi connectivity index (χ0n) is 13.9. The number of nitrogens with one attached hydrogen (secondary N) is 1. The van der Waals surface area contributed by atoms with Gasteiger partial charge in [-0.05, 0) is 25.9 Å². The number of nitrogens with zero attached hydrogens (tertiary/aromatic N) is 3. The van der Waals surface area contributed by atoms with E-state index in [1.807, 2.05) is 6.07 Å². The van der Waals surface area contributed by atoms with E-state index in [-0.39, 0.29) is 17.4 Å². The molecule has 0 spiro atoms. The summed E-state index contributed by atoms with van der Waals surface area (Å²) in [4.78, 5) is 27.0. The molecule has 1 heterocycles. The van der Waals surface area contributed by atoms with Crippen molar-refractivity contribution in [3.8, 4) is 6.07 Å². The van der Waals surface area contributed by atoms with E-state index in [0.29, 0.717) is 32.5 Å². The van der Waals surface area contributed by atoms with Gasteiger partial charge in [-0.1, -0.05) is 13.8 Å². The van der Waals surface area contributed by atoms with Crippen molar-refractivity contribution in [2.75, 3.05) is 39.3 Å². The summed E-state index contributed by atoms with van der Waals surface area (Å²) in [6.45, 7) is 8.38. The molecule has 128 valence electrons. The second-order valence-electron chi connectivity index (χ2n) is 5.56. The summed E-state index contributed by atoms with van der Waals surface area (Å²) >= 11 is 0. The second-order valence-corrected chi connectivity index (χ2v) is 5.56. The maximum absolute atomic E-state index is 12.3. The lowest BCUT2D eigenvalue weighted by Crippen LogP contribution is -2.41. The van der Waals surface area contributed by atoms with Gasteiger partial charge in [0.05, 0.1) is 5.92 Å². The maximum Gasteiger partial charge on any atom is 0.306 e. The summed E-state index contributed by atoms with van der Waals surface area (Å²) in [6.07, 6.45) is 2.35. The second kappa shape index (κ2) is 9.85. The molecule has 1 fully saturated rings. The van der Waals surface area contributed by atoms with Crippen LogP contribution in [0.2, 0.25) is 0 Å². The maximum atomic E-state index is 12.3. The highest BCUT2D eigenvalue weighted by atomic mass is 16.4. The van der Waals surface area contributed by atoms with Crippen LogP contribution in [0, 0.1) is 17.2 Å². The third-order valence-corrected chi connectivity index (χ3v) is 4.20. The third kappa shape index (κ3) is 5.91. The fourth-order valence-electron chi connectivity index (χ4n) is 2.58. The van der Waals surface area contributed by atoms with Gasteiger partial charge in [0.2, 0.25) is 0 Å². The van der Waals surface area contributed by atoms with E-state index in [1.54, 1.807) is 4.90 Å². The number of hydrogen-bond donors (Lipinski definition) is 2. The number of hydrogen-bond acceptors (Lipinski definition) is 5. The number of carbonyl (C=O) groups excluding carboxylic acids is 1. The average molecular weight is 322 g/mol. The fraction of sp³-hybridized carbons (Fsp3) is 0.688. The molecule has 0 saturated carbocycles. The summed E-state index contributed by atoms with van der Waals surface area (Å²) < 4.78 is 0. The molecule has 0 aromatic heterocycles. The minimum Gasteiger partial charge on any atom is -0.481 e. The zero-order chi connectivity index (χ0) is 17.2. The number of amides is 1. The van der Waals surface area contributed by atoms with Crippen molar-refractivity contribution in [2.45, 2.75) is 26.7 Å². The first-order chi connectivity index (χ1) is 11.0. The Morgan fingerprint density at radius 2 is 1.96 bits per heavy atom. The normalized spacial score (nSPS) is 16.3. The number of carboxylic acid groups (broad SMARTS) is 1. The van der Waals surface area contributed by atoms with Crippen LogP contribution in [-0.2, 0) is 9.59 Å². The molecule has 7 nitrogen and oxygen atoms in total. The van der Waals surface area contributed by atoms with Gasteiger partial charge in [0, 0.05) is 32.4 Å². The van der Waals surface area contributed by atoms with Gasteiger partial charge in [0.1, 0.15) is 11.6 Å². The Morgan fingerprint density at radius 1 is 1.35 bits per heavy atom. The van der Waals surface area contributed by atoms with Gasteiger partial charge in [0.15, 0.2) is 0 Å². The van der Waals surface area contributed by atoms with Crippen molar-refractivity contribution >= 4 is 11.9 Å². The van der Waals surface area contributed by atoms with Crippen molar-refractivity contribution in [3.63, 3.8) is 0 Å². The molecule has 7 heteroatoms. The minimum atomic E-state index is -0.814. The standard InChI is InChI=1S/C16H26N4O3/c1-3-19(4-2)10-7-18-12-14(11-17)15(21)20-8-5-13(6-9-20)16(22)23/h12-13,18H,3-10H2,1-2H3,(H,22,23)/b14-12-. The average Bonchev–Trinajstić information content (AvgIpc) is 2.58. The van der Waals surface area contributed by atoms with Crippen molar-refractivity contribution < 1.29 is 14.7 Å². The number of aliphatic carboxylic acids is 1. The van der Waals surface area contributed by atoms with E-state index in [2.05, 4.69) is 24.1 Å². The lowest BCUT2D eigenvalue weighted by molar-refractivity contribution is -0.145. The molecule has 0 atom stereocenters. The number of nitriles is 1. The lowest BCUT2D eigenvalue weighted by atomic mass is 9.97. The first kappa shape index (κ1) is 19.0. The number of piperidine rings is 1. The monoisotopic (exact) mass is 322 g/mol. The first-order valence-electron chi connectivity index (χ1n) is 8.11. The molecule has 0 unspecified atom stereocenters. The Bertz CT molecular complexity index is 472.